The second-order valence-electron chi connectivity index (χ2n) is 4.81. The fourth-order valence-electron chi connectivity index (χ4n) is 2.00. The van der Waals surface area contributed by atoms with Crippen LogP contribution in [0.15, 0.2) is 42.6 Å². The van der Waals surface area contributed by atoms with Crippen LogP contribution in [0.1, 0.15) is 36.8 Å². The summed E-state index contributed by atoms with van der Waals surface area (Å²) in [5, 5.41) is 10.5. The molecule has 2 rings (SSSR count). The van der Waals surface area contributed by atoms with Gasteiger partial charge in [0.2, 0.25) is 0 Å². The largest absolute Gasteiger partial charge is 0.491 e. The molecule has 3 heteroatoms. The summed E-state index contributed by atoms with van der Waals surface area (Å²) in [5.41, 5.74) is 2.38. The quantitative estimate of drug-likeness (QED) is 0.914. The fraction of sp³-hybridized carbons (Fsp3) is 0.312. The number of pyridine rings is 1. The lowest BCUT2D eigenvalue weighted by Gasteiger charge is -2.18. The molecule has 100 valence electrons. The molecule has 0 bridgehead atoms. The SMILES string of the molecule is Cc1cccnc1C(O)c1ccccc1OC(C)C. The number of hydrogen-bond acceptors (Lipinski definition) is 3. The van der Waals surface area contributed by atoms with Gasteiger partial charge in [-0.25, -0.2) is 0 Å². The van der Waals surface area contributed by atoms with Crippen LogP contribution in [-0.2, 0) is 0 Å². The van der Waals surface area contributed by atoms with Gasteiger partial charge < -0.3 is 9.84 Å². The van der Waals surface area contributed by atoms with Crippen molar-refractivity contribution in [3.8, 4) is 5.75 Å². The van der Waals surface area contributed by atoms with E-state index in [1.54, 1.807) is 6.20 Å². The zero-order valence-corrected chi connectivity index (χ0v) is 11.5. The summed E-state index contributed by atoms with van der Waals surface area (Å²) in [6.45, 7) is 5.88. The molecule has 0 aliphatic rings. The number of nitrogens with zero attached hydrogens (tertiary/aromatic N) is 1. The van der Waals surface area contributed by atoms with E-state index in [1.165, 1.54) is 0 Å². The van der Waals surface area contributed by atoms with Crippen LogP contribution in [0.25, 0.3) is 0 Å². The normalized spacial score (nSPS) is 12.5. The molecule has 0 saturated heterocycles. The van der Waals surface area contributed by atoms with Crippen LogP contribution in [0.5, 0.6) is 5.75 Å². The minimum atomic E-state index is -0.767. The Morgan fingerprint density at radius 3 is 2.53 bits per heavy atom. The third kappa shape index (κ3) is 3.12. The van der Waals surface area contributed by atoms with Crippen LogP contribution >= 0.6 is 0 Å². The first kappa shape index (κ1) is 13.6. The molecule has 1 heterocycles. The number of aromatic nitrogens is 1. The second kappa shape index (κ2) is 5.85. The van der Waals surface area contributed by atoms with Crippen LogP contribution in [0.2, 0.25) is 0 Å². The van der Waals surface area contributed by atoms with Gasteiger partial charge in [0, 0.05) is 11.8 Å². The number of aliphatic hydroxyl groups excluding tert-OH is 1. The Morgan fingerprint density at radius 2 is 1.84 bits per heavy atom. The predicted octanol–water partition coefficient (Wildman–Crippen LogP) is 3.26. The monoisotopic (exact) mass is 257 g/mol. The Morgan fingerprint density at radius 1 is 1.11 bits per heavy atom. The topological polar surface area (TPSA) is 42.4 Å². The van der Waals surface area contributed by atoms with Crippen molar-refractivity contribution in [1.82, 2.24) is 4.98 Å². The summed E-state index contributed by atoms with van der Waals surface area (Å²) in [4.78, 5) is 4.27. The van der Waals surface area contributed by atoms with Crippen molar-refractivity contribution >= 4 is 0 Å². The average molecular weight is 257 g/mol. The Kier molecular flexibility index (Phi) is 4.17. The standard InChI is InChI=1S/C16H19NO2/c1-11(2)19-14-9-5-4-8-13(14)16(18)15-12(3)7-6-10-17-15/h4-11,16,18H,1-3H3. The van der Waals surface area contributed by atoms with Crippen molar-refractivity contribution in [2.75, 3.05) is 0 Å². The van der Waals surface area contributed by atoms with E-state index in [0.29, 0.717) is 11.4 Å². The summed E-state index contributed by atoms with van der Waals surface area (Å²) in [7, 11) is 0. The minimum absolute atomic E-state index is 0.0678. The molecule has 2 aromatic rings. The van der Waals surface area contributed by atoms with E-state index in [4.69, 9.17) is 4.74 Å². The van der Waals surface area contributed by atoms with E-state index >= 15 is 0 Å². The molecular weight excluding hydrogens is 238 g/mol. The molecular formula is C16H19NO2. The Balaban J connectivity index is 2.39. The van der Waals surface area contributed by atoms with Gasteiger partial charge in [-0.3, -0.25) is 4.98 Å². The average Bonchev–Trinajstić information content (AvgIpc) is 2.38. The van der Waals surface area contributed by atoms with E-state index in [1.807, 2.05) is 57.2 Å². The van der Waals surface area contributed by atoms with Gasteiger partial charge in [-0.2, -0.15) is 0 Å². The molecule has 0 spiro atoms. The lowest BCUT2D eigenvalue weighted by atomic mass is 10.0. The maximum absolute atomic E-state index is 10.5. The number of aliphatic hydroxyl groups is 1. The Labute approximate surface area is 113 Å². The van der Waals surface area contributed by atoms with Crippen molar-refractivity contribution in [2.45, 2.75) is 33.0 Å². The molecule has 1 N–H and O–H groups in total. The first-order valence-electron chi connectivity index (χ1n) is 6.44. The van der Waals surface area contributed by atoms with Crippen LogP contribution < -0.4 is 4.74 Å². The van der Waals surface area contributed by atoms with Gasteiger partial charge in [-0.1, -0.05) is 24.3 Å². The van der Waals surface area contributed by atoms with E-state index in [9.17, 15) is 5.11 Å². The van der Waals surface area contributed by atoms with Crippen LogP contribution in [0, 0.1) is 6.92 Å². The van der Waals surface area contributed by atoms with E-state index in [2.05, 4.69) is 4.98 Å². The highest BCUT2D eigenvalue weighted by Crippen LogP contribution is 2.30. The first-order chi connectivity index (χ1) is 9.09. The predicted molar refractivity (Wildman–Crippen MR) is 75.2 cm³/mol. The number of benzene rings is 1. The number of ether oxygens (including phenoxy) is 1. The van der Waals surface area contributed by atoms with Gasteiger partial charge in [-0.05, 0) is 38.5 Å². The Bertz CT molecular complexity index is 552. The van der Waals surface area contributed by atoms with Gasteiger partial charge in [-0.15, -0.1) is 0 Å². The molecule has 0 radical (unpaired) electrons. The fourth-order valence-corrected chi connectivity index (χ4v) is 2.00. The van der Waals surface area contributed by atoms with Crippen LogP contribution in [-0.4, -0.2) is 16.2 Å². The lowest BCUT2D eigenvalue weighted by Crippen LogP contribution is -2.11. The zero-order chi connectivity index (χ0) is 13.8. The highest BCUT2D eigenvalue weighted by atomic mass is 16.5. The highest BCUT2D eigenvalue weighted by Gasteiger charge is 2.18. The minimum Gasteiger partial charge on any atom is -0.491 e. The zero-order valence-electron chi connectivity index (χ0n) is 11.5. The van der Waals surface area contributed by atoms with E-state index in [-0.39, 0.29) is 6.10 Å². The third-order valence-electron chi connectivity index (χ3n) is 2.89. The van der Waals surface area contributed by atoms with Crippen molar-refractivity contribution in [3.63, 3.8) is 0 Å². The first-order valence-corrected chi connectivity index (χ1v) is 6.44. The van der Waals surface area contributed by atoms with Crippen LogP contribution in [0.4, 0.5) is 0 Å². The van der Waals surface area contributed by atoms with Gasteiger partial charge in [0.25, 0.3) is 0 Å². The molecule has 19 heavy (non-hydrogen) atoms. The molecule has 0 fully saturated rings. The molecule has 0 amide bonds. The molecule has 0 aliphatic carbocycles. The van der Waals surface area contributed by atoms with Crippen molar-refractivity contribution in [1.29, 1.82) is 0 Å². The number of para-hydroxylation sites is 1. The molecule has 1 unspecified atom stereocenters. The van der Waals surface area contributed by atoms with Crippen molar-refractivity contribution < 1.29 is 9.84 Å². The molecule has 1 atom stereocenters. The summed E-state index contributed by atoms with van der Waals surface area (Å²) in [6.07, 6.45) is 0.992. The van der Waals surface area contributed by atoms with Gasteiger partial charge in [0.15, 0.2) is 0 Å². The third-order valence-corrected chi connectivity index (χ3v) is 2.89. The maximum atomic E-state index is 10.5. The molecule has 1 aromatic heterocycles. The number of rotatable bonds is 4. The van der Waals surface area contributed by atoms with Crippen molar-refractivity contribution in [2.24, 2.45) is 0 Å². The smallest absolute Gasteiger partial charge is 0.125 e. The molecule has 3 nitrogen and oxygen atoms in total. The summed E-state index contributed by atoms with van der Waals surface area (Å²) < 4.78 is 5.74. The molecule has 0 saturated carbocycles. The summed E-state index contributed by atoms with van der Waals surface area (Å²) >= 11 is 0. The second-order valence-corrected chi connectivity index (χ2v) is 4.81. The number of hydrogen-bond donors (Lipinski definition) is 1. The van der Waals surface area contributed by atoms with E-state index in [0.717, 1.165) is 11.1 Å². The molecule has 1 aromatic carbocycles. The number of aryl methyl sites for hydroxylation is 1. The van der Waals surface area contributed by atoms with Crippen molar-refractivity contribution in [3.05, 3.63) is 59.4 Å². The summed E-state index contributed by atoms with van der Waals surface area (Å²) in [6, 6.07) is 11.3. The summed E-state index contributed by atoms with van der Waals surface area (Å²) in [5.74, 6) is 0.704. The van der Waals surface area contributed by atoms with Gasteiger partial charge >= 0.3 is 0 Å². The Hall–Kier alpha value is -1.87. The van der Waals surface area contributed by atoms with Crippen LogP contribution in [0.3, 0.4) is 0 Å². The maximum Gasteiger partial charge on any atom is 0.125 e. The molecule has 0 aliphatic heterocycles. The van der Waals surface area contributed by atoms with E-state index < -0.39 is 6.10 Å². The van der Waals surface area contributed by atoms with Gasteiger partial charge in [0.05, 0.1) is 11.8 Å². The lowest BCUT2D eigenvalue weighted by molar-refractivity contribution is 0.194. The highest BCUT2D eigenvalue weighted by molar-refractivity contribution is 5.40. The van der Waals surface area contributed by atoms with Gasteiger partial charge in [0.1, 0.15) is 11.9 Å².